The number of urea groups is 1. The molecule has 0 saturated carbocycles. The topological polar surface area (TPSA) is 423 Å². The number of benzene rings is 2. The third-order valence-corrected chi connectivity index (χ3v) is 15.6. The highest BCUT2D eigenvalue weighted by Crippen LogP contribution is 2.36. The van der Waals surface area contributed by atoms with Crippen molar-refractivity contribution in [1.82, 2.24) is 41.6 Å². The number of carbonyl (C=O) groups excluding carboxylic acids is 4. The normalized spacial score (nSPS) is 27.6. The van der Waals surface area contributed by atoms with Gasteiger partial charge in [-0.15, -0.1) is 5.10 Å². The number of rotatable bonds is 33. The Morgan fingerprint density at radius 1 is 0.854 bits per heavy atom. The van der Waals surface area contributed by atoms with E-state index in [1.807, 2.05) is 11.8 Å². The van der Waals surface area contributed by atoms with Crippen LogP contribution in [0.2, 0.25) is 0 Å². The van der Waals surface area contributed by atoms with Gasteiger partial charge in [-0.25, -0.2) is 14.3 Å². The Hall–Kier alpha value is -5.68. The van der Waals surface area contributed by atoms with Gasteiger partial charge in [0.15, 0.2) is 6.29 Å². The number of carbonyl (C=O) groups is 5. The molecule has 14 N–H and O–H groups in total. The number of phenols is 1. The van der Waals surface area contributed by atoms with Gasteiger partial charge in [-0.1, -0.05) is 48.0 Å². The number of nitrogens with one attached hydrogen (secondary N) is 5. The number of thioether (sulfide) groups is 1. The first kappa shape index (κ1) is 63.9. The Morgan fingerprint density at radius 2 is 1.55 bits per heavy atom. The van der Waals surface area contributed by atoms with E-state index < -0.39 is 111 Å². The number of ether oxygens (including phenoxy) is 7. The number of amides is 5. The average molecular weight is 1180 g/mol. The maximum Gasteiger partial charge on any atom is 0.364 e. The van der Waals surface area contributed by atoms with Crippen LogP contribution in [-0.4, -0.2) is 247 Å². The summed E-state index contributed by atoms with van der Waals surface area (Å²) >= 11 is 1.86. The smallest absolute Gasteiger partial charge is 0.364 e. The molecule has 0 unspecified atom stereocenters. The maximum atomic E-state index is 12.9. The first-order valence-electron chi connectivity index (χ1n) is 27.0. The molecule has 2 aromatic carbocycles. The maximum absolute atomic E-state index is 12.9. The fourth-order valence-corrected chi connectivity index (χ4v) is 11.2. The molecular weight excluding hydrogens is 1100 g/mol. The number of unbranched alkanes of at least 4 members (excludes halogenated alkanes) is 1. The van der Waals surface area contributed by atoms with Crippen molar-refractivity contribution in [2.75, 3.05) is 71.7 Å². The van der Waals surface area contributed by atoms with Gasteiger partial charge in [-0.05, 0) is 41.7 Å². The zero-order valence-electron chi connectivity index (χ0n) is 44.8. The van der Waals surface area contributed by atoms with Gasteiger partial charge in [0, 0.05) is 36.9 Å². The van der Waals surface area contributed by atoms with Crippen molar-refractivity contribution in [3.05, 3.63) is 66.0 Å². The van der Waals surface area contributed by atoms with Gasteiger partial charge in [0.25, 0.3) is 5.79 Å². The average Bonchev–Trinajstić information content (AvgIpc) is 3.22. The number of fused-ring (bicyclic) bond motifs is 1. The summed E-state index contributed by atoms with van der Waals surface area (Å²) in [5.41, 5.74) is 2.50. The van der Waals surface area contributed by atoms with Gasteiger partial charge in [0.1, 0.15) is 54.7 Å². The van der Waals surface area contributed by atoms with Crippen LogP contribution >= 0.6 is 11.8 Å². The lowest BCUT2D eigenvalue weighted by atomic mass is 9.88. The van der Waals surface area contributed by atoms with Crippen molar-refractivity contribution in [2.24, 2.45) is 0 Å². The molecule has 1 aromatic heterocycles. The molecule has 0 radical (unpaired) electrons. The van der Waals surface area contributed by atoms with E-state index in [0.29, 0.717) is 50.2 Å². The summed E-state index contributed by atoms with van der Waals surface area (Å²) in [4.78, 5) is 61.9. The van der Waals surface area contributed by atoms with Crippen LogP contribution in [0.3, 0.4) is 0 Å². The number of aliphatic carboxylic acids is 1. The monoisotopic (exact) mass is 1180 g/mol. The Kier molecular flexibility index (Phi) is 24.4. The van der Waals surface area contributed by atoms with Crippen LogP contribution in [0.25, 0.3) is 11.1 Å². The lowest BCUT2D eigenvalue weighted by Crippen LogP contribution is -2.69. The van der Waals surface area contributed by atoms with Crippen LogP contribution in [0, 0.1) is 0 Å². The molecule has 14 atom stereocenters. The minimum atomic E-state index is -2.88. The third kappa shape index (κ3) is 18.2. The van der Waals surface area contributed by atoms with E-state index in [0.717, 1.165) is 36.1 Å². The molecule has 0 bridgehead atoms. The van der Waals surface area contributed by atoms with Gasteiger partial charge >= 0.3 is 12.0 Å². The number of aliphatic hydroxyl groups excluding tert-OH is 7. The number of carboxylic acids is 1. The van der Waals surface area contributed by atoms with E-state index in [1.165, 1.54) is 23.0 Å². The first-order valence-corrected chi connectivity index (χ1v) is 28.0. The number of phenolic OH excluding ortho intramolecular Hbond substituents is 1. The quantitative estimate of drug-likeness (QED) is 0.0207. The minimum Gasteiger partial charge on any atom is -0.508 e. The number of nitrogens with zero attached hydrogens (tertiary/aromatic N) is 3. The third-order valence-electron chi connectivity index (χ3n) is 14.1. The highest BCUT2D eigenvalue weighted by molar-refractivity contribution is 8.00. The zero-order valence-corrected chi connectivity index (χ0v) is 45.6. The summed E-state index contributed by atoms with van der Waals surface area (Å²) in [6.07, 6.45) is -13.3. The molecule has 3 aromatic rings. The molecule has 4 aliphatic heterocycles. The molecule has 7 rings (SSSR count). The second-order valence-corrected chi connectivity index (χ2v) is 21.4. The molecule has 29 nitrogen and oxygen atoms in total. The van der Waals surface area contributed by atoms with Crippen molar-refractivity contribution in [2.45, 2.75) is 136 Å². The van der Waals surface area contributed by atoms with Crippen LogP contribution in [0.15, 0.2) is 54.7 Å². The number of hydrogen-bond acceptors (Lipinski definition) is 23. The van der Waals surface area contributed by atoms with Crippen molar-refractivity contribution in [1.29, 1.82) is 0 Å². The Labute approximate surface area is 475 Å². The molecule has 82 heavy (non-hydrogen) atoms. The lowest BCUT2D eigenvalue weighted by molar-refractivity contribution is -0.339. The molecule has 0 aliphatic carbocycles. The van der Waals surface area contributed by atoms with Crippen LogP contribution in [0.1, 0.15) is 43.4 Å². The van der Waals surface area contributed by atoms with Crippen molar-refractivity contribution < 1.29 is 103 Å². The molecule has 30 heteroatoms. The van der Waals surface area contributed by atoms with Crippen LogP contribution < -0.4 is 26.6 Å². The second-order valence-electron chi connectivity index (χ2n) is 20.1. The van der Waals surface area contributed by atoms with E-state index in [-0.39, 0.29) is 68.3 Å². The van der Waals surface area contributed by atoms with Crippen molar-refractivity contribution >= 4 is 41.5 Å². The molecule has 5 heterocycles. The number of carboxylic acid groups (broad SMARTS) is 1. The molecule has 454 valence electrons. The van der Waals surface area contributed by atoms with Crippen molar-refractivity contribution in [3.8, 4) is 16.9 Å². The molecule has 5 amide bonds. The molecule has 4 saturated heterocycles. The Balaban J connectivity index is 0.788. The fraction of sp³-hybridized carbons (Fsp3) is 0.635. The first-order chi connectivity index (χ1) is 39.4. The summed E-state index contributed by atoms with van der Waals surface area (Å²) in [6, 6.07) is 12.1. The highest BCUT2D eigenvalue weighted by atomic mass is 32.2. The Morgan fingerprint density at radius 3 is 2.26 bits per heavy atom. The van der Waals surface area contributed by atoms with Gasteiger partial charge < -0.3 is 106 Å². The fourth-order valence-electron chi connectivity index (χ4n) is 9.64. The Bertz CT molecular complexity index is 2520. The van der Waals surface area contributed by atoms with Crippen LogP contribution in [0.4, 0.5) is 4.79 Å². The largest absolute Gasteiger partial charge is 0.508 e. The van der Waals surface area contributed by atoms with Crippen LogP contribution in [-0.2, 0) is 71.9 Å². The van der Waals surface area contributed by atoms with E-state index in [1.54, 1.807) is 36.4 Å². The minimum absolute atomic E-state index is 0.0305. The summed E-state index contributed by atoms with van der Waals surface area (Å²) in [6.45, 7) is -0.433. The summed E-state index contributed by atoms with van der Waals surface area (Å²) in [5, 5.41) is 117. The summed E-state index contributed by atoms with van der Waals surface area (Å²) < 4.78 is 41.0. The number of aromatic hydroxyl groups is 1. The SMILES string of the molecule is O=C(CCCC[C@@H]1SC[C@@H]2NC(=O)N[C@@H]21)NCCOCCOCCOCCn1cc(CO[C@@H]2O[C@H](CO[C@]3(C(=O)O)C[C@H](O)[C@@H](NC(=O)CO)[C@H]([C@H](O)[C@H](O)CNC(=O)Cc4ccc(-c5ccc(O)cc5)cc4)O3)[C@H](O)[C@H](O)[C@H]2O)nn1. The van der Waals surface area contributed by atoms with Gasteiger partial charge in [0.05, 0.1) is 102 Å². The van der Waals surface area contributed by atoms with Gasteiger partial charge in [0.2, 0.25) is 17.7 Å². The van der Waals surface area contributed by atoms with E-state index in [9.17, 15) is 69.9 Å². The lowest BCUT2D eigenvalue weighted by Gasteiger charge is -2.47. The second kappa shape index (κ2) is 31.3. The summed E-state index contributed by atoms with van der Waals surface area (Å²) in [5.74, 6) is -5.41. The van der Waals surface area contributed by atoms with Gasteiger partial charge in [-0.2, -0.15) is 11.8 Å². The zero-order chi connectivity index (χ0) is 58.8. The van der Waals surface area contributed by atoms with Gasteiger partial charge in [-0.3, -0.25) is 14.4 Å². The molecule has 4 aliphatic rings. The highest BCUT2D eigenvalue weighted by Gasteiger charge is 2.57. The molecule has 0 spiro atoms. The summed E-state index contributed by atoms with van der Waals surface area (Å²) in [7, 11) is 0. The number of hydrogen-bond donors (Lipinski definition) is 14. The predicted molar refractivity (Wildman–Crippen MR) is 284 cm³/mol. The van der Waals surface area contributed by atoms with Crippen LogP contribution in [0.5, 0.6) is 5.75 Å². The number of aliphatic hydroxyl groups is 7. The standard InChI is InChI=1S/C52H74N8O21S/c61-25-41(67)56-43-35(63)22-52(50(72)73,81-48(43)44(68)36(64)23-54-40(66)21-29-5-7-30(8-6-29)31-9-11-33(62)12-10-31)79-27-37-45(69)46(70)47(71)49(80-37)78-26-32-24-60(59-58-32)14-16-76-18-20-77-19-17-75-15-13-53-39(65)4-2-1-3-38-42-34(28-82-38)55-51(74)57-42/h5-12,24,34-38,42-49,61-64,68-71H,1-4,13-23,25-28H2,(H,53,65)(H,54,66)(H,56,67)(H,72,73)(H2,55,57,74)/t34-,35-,36+,37+,38-,42-,43+,44+,45-,46-,47+,48+,49+,52+/m0/s1. The van der Waals surface area contributed by atoms with Crippen molar-refractivity contribution in [3.63, 3.8) is 0 Å². The molecule has 4 fully saturated rings. The van der Waals surface area contributed by atoms with E-state index in [4.69, 9.17) is 33.2 Å². The van der Waals surface area contributed by atoms with E-state index in [2.05, 4.69) is 36.9 Å². The van der Waals surface area contributed by atoms with E-state index >= 15 is 0 Å². The number of aromatic nitrogens is 3. The predicted octanol–water partition coefficient (Wildman–Crippen LogP) is -3.63. The molecular formula is C52H74N8O21S.